The van der Waals surface area contributed by atoms with Crippen molar-refractivity contribution in [3.8, 4) is 0 Å². The van der Waals surface area contributed by atoms with Crippen molar-refractivity contribution in [1.82, 2.24) is 4.98 Å². The molecule has 0 spiro atoms. The number of hydrogen-bond acceptors (Lipinski definition) is 5. The fourth-order valence-corrected chi connectivity index (χ4v) is 2.93. The van der Waals surface area contributed by atoms with Crippen molar-refractivity contribution in [1.29, 1.82) is 0 Å². The highest BCUT2D eigenvalue weighted by Crippen LogP contribution is 2.29. The summed E-state index contributed by atoms with van der Waals surface area (Å²) in [6.45, 7) is 3.88. The summed E-state index contributed by atoms with van der Waals surface area (Å²) in [4.78, 5) is 4.40. The SMILES string of the molecule is CC(CC(C)(N)CO)Sc1nc2ccccc2o1. The molecule has 1 heterocycles. The van der Waals surface area contributed by atoms with Crippen LogP contribution in [0.4, 0.5) is 0 Å². The fraction of sp³-hybridized carbons (Fsp3) is 0.462. The average molecular weight is 266 g/mol. The Balaban J connectivity index is 2.05. The van der Waals surface area contributed by atoms with Crippen molar-refractivity contribution in [2.45, 2.75) is 36.3 Å². The molecule has 3 N–H and O–H groups in total. The number of nitrogens with two attached hydrogens (primary N) is 1. The molecule has 0 aliphatic carbocycles. The largest absolute Gasteiger partial charge is 0.431 e. The van der Waals surface area contributed by atoms with E-state index in [1.165, 1.54) is 0 Å². The van der Waals surface area contributed by atoms with Crippen LogP contribution in [-0.4, -0.2) is 27.5 Å². The summed E-state index contributed by atoms with van der Waals surface area (Å²) >= 11 is 1.54. The van der Waals surface area contributed by atoms with Crippen LogP contribution < -0.4 is 5.73 Å². The fourth-order valence-electron chi connectivity index (χ4n) is 1.84. The molecule has 1 aromatic carbocycles. The average Bonchev–Trinajstić information content (AvgIpc) is 2.70. The smallest absolute Gasteiger partial charge is 0.256 e. The number of hydrogen-bond donors (Lipinski definition) is 2. The van der Waals surface area contributed by atoms with Gasteiger partial charge in [0.2, 0.25) is 0 Å². The molecular formula is C13H18N2O2S. The molecule has 0 fully saturated rings. The standard InChI is InChI=1S/C13H18N2O2S/c1-9(7-13(2,14)8-16)18-12-15-10-5-3-4-6-11(10)17-12/h3-6,9,16H,7-8,14H2,1-2H3. The van der Waals surface area contributed by atoms with Crippen molar-refractivity contribution in [2.75, 3.05) is 6.61 Å². The van der Waals surface area contributed by atoms with Crippen LogP contribution in [0.5, 0.6) is 0 Å². The molecule has 2 rings (SSSR count). The number of oxazole rings is 1. The number of rotatable bonds is 5. The van der Waals surface area contributed by atoms with Gasteiger partial charge in [-0.3, -0.25) is 0 Å². The maximum atomic E-state index is 9.15. The number of aliphatic hydroxyl groups excluding tert-OH is 1. The Labute approximate surface area is 111 Å². The molecule has 0 aliphatic rings. The second-order valence-corrected chi connectivity index (χ2v) is 6.28. The topological polar surface area (TPSA) is 72.3 Å². The molecule has 18 heavy (non-hydrogen) atoms. The maximum Gasteiger partial charge on any atom is 0.256 e. The predicted octanol–water partition coefficient (Wildman–Crippen LogP) is 2.41. The Morgan fingerprint density at radius 1 is 1.50 bits per heavy atom. The lowest BCUT2D eigenvalue weighted by atomic mass is 9.99. The van der Waals surface area contributed by atoms with Crippen LogP contribution in [0.15, 0.2) is 33.9 Å². The van der Waals surface area contributed by atoms with E-state index in [1.54, 1.807) is 11.8 Å². The van der Waals surface area contributed by atoms with Crippen LogP contribution in [0.3, 0.4) is 0 Å². The summed E-state index contributed by atoms with van der Waals surface area (Å²) in [5.74, 6) is 0. The van der Waals surface area contributed by atoms with E-state index in [-0.39, 0.29) is 11.9 Å². The molecule has 0 amide bonds. The molecule has 2 aromatic rings. The minimum atomic E-state index is -0.557. The zero-order valence-electron chi connectivity index (χ0n) is 10.6. The van der Waals surface area contributed by atoms with E-state index in [0.717, 1.165) is 11.1 Å². The molecule has 0 bridgehead atoms. The summed E-state index contributed by atoms with van der Waals surface area (Å²) in [5, 5.41) is 10.0. The highest BCUT2D eigenvalue weighted by molar-refractivity contribution is 7.99. The van der Waals surface area contributed by atoms with Gasteiger partial charge in [-0.25, -0.2) is 4.98 Å². The second kappa shape index (κ2) is 5.30. The van der Waals surface area contributed by atoms with Gasteiger partial charge in [0.1, 0.15) is 5.52 Å². The molecule has 0 aliphatic heterocycles. The highest BCUT2D eigenvalue weighted by atomic mass is 32.2. The third kappa shape index (κ3) is 3.25. The van der Waals surface area contributed by atoms with Gasteiger partial charge >= 0.3 is 0 Å². The van der Waals surface area contributed by atoms with E-state index in [1.807, 2.05) is 31.2 Å². The van der Waals surface area contributed by atoms with Crippen molar-refractivity contribution in [2.24, 2.45) is 5.73 Å². The molecule has 5 heteroatoms. The molecule has 98 valence electrons. The second-order valence-electron chi connectivity index (χ2n) is 4.89. The van der Waals surface area contributed by atoms with Crippen LogP contribution in [0.25, 0.3) is 11.1 Å². The first-order chi connectivity index (χ1) is 8.50. The molecule has 2 atom stereocenters. The monoisotopic (exact) mass is 266 g/mol. The van der Waals surface area contributed by atoms with Crippen LogP contribution in [0, 0.1) is 0 Å². The number of benzene rings is 1. The summed E-state index contributed by atoms with van der Waals surface area (Å²) in [6, 6.07) is 7.69. The Hall–Kier alpha value is -1.04. The van der Waals surface area contributed by atoms with Gasteiger partial charge in [0.25, 0.3) is 5.22 Å². The zero-order valence-corrected chi connectivity index (χ0v) is 11.4. The minimum Gasteiger partial charge on any atom is -0.431 e. The van der Waals surface area contributed by atoms with Crippen molar-refractivity contribution in [3.63, 3.8) is 0 Å². The van der Waals surface area contributed by atoms with Gasteiger partial charge in [0.15, 0.2) is 5.58 Å². The molecular weight excluding hydrogens is 248 g/mol. The van der Waals surface area contributed by atoms with E-state index in [4.69, 9.17) is 15.3 Å². The first-order valence-corrected chi connectivity index (χ1v) is 6.80. The number of para-hydroxylation sites is 2. The van der Waals surface area contributed by atoms with Gasteiger partial charge in [-0.05, 0) is 25.5 Å². The third-order valence-corrected chi connectivity index (χ3v) is 3.64. The van der Waals surface area contributed by atoms with E-state index >= 15 is 0 Å². The lowest BCUT2D eigenvalue weighted by Gasteiger charge is -2.24. The van der Waals surface area contributed by atoms with Gasteiger partial charge in [0, 0.05) is 10.8 Å². The van der Waals surface area contributed by atoms with E-state index < -0.39 is 5.54 Å². The molecule has 2 unspecified atom stereocenters. The Morgan fingerprint density at radius 2 is 2.22 bits per heavy atom. The molecule has 0 saturated heterocycles. The van der Waals surface area contributed by atoms with Crippen LogP contribution >= 0.6 is 11.8 Å². The lowest BCUT2D eigenvalue weighted by Crippen LogP contribution is -2.42. The highest BCUT2D eigenvalue weighted by Gasteiger charge is 2.22. The van der Waals surface area contributed by atoms with Gasteiger partial charge in [-0.1, -0.05) is 30.8 Å². The Bertz CT molecular complexity index is 491. The summed E-state index contributed by atoms with van der Waals surface area (Å²) < 4.78 is 5.64. The quantitative estimate of drug-likeness (QED) is 0.813. The van der Waals surface area contributed by atoms with Gasteiger partial charge < -0.3 is 15.3 Å². The van der Waals surface area contributed by atoms with Gasteiger partial charge in [-0.15, -0.1) is 0 Å². The Morgan fingerprint density at radius 3 is 2.89 bits per heavy atom. The number of aromatic nitrogens is 1. The van der Waals surface area contributed by atoms with Gasteiger partial charge in [-0.2, -0.15) is 0 Å². The molecule has 1 aromatic heterocycles. The van der Waals surface area contributed by atoms with Crippen molar-refractivity contribution in [3.05, 3.63) is 24.3 Å². The third-order valence-electron chi connectivity index (χ3n) is 2.69. The van der Waals surface area contributed by atoms with E-state index in [0.29, 0.717) is 11.6 Å². The zero-order chi connectivity index (χ0) is 13.2. The number of fused-ring (bicyclic) bond motifs is 1. The number of thioether (sulfide) groups is 1. The lowest BCUT2D eigenvalue weighted by molar-refractivity contribution is 0.201. The first kappa shape index (κ1) is 13.4. The van der Waals surface area contributed by atoms with Crippen LogP contribution in [-0.2, 0) is 0 Å². The Kier molecular flexibility index (Phi) is 3.94. The van der Waals surface area contributed by atoms with Gasteiger partial charge in [0.05, 0.1) is 6.61 Å². The normalized spacial score (nSPS) is 16.7. The first-order valence-electron chi connectivity index (χ1n) is 5.92. The van der Waals surface area contributed by atoms with Crippen LogP contribution in [0.1, 0.15) is 20.3 Å². The van der Waals surface area contributed by atoms with Crippen molar-refractivity contribution < 1.29 is 9.52 Å². The maximum absolute atomic E-state index is 9.15. The molecule has 4 nitrogen and oxygen atoms in total. The van der Waals surface area contributed by atoms with Crippen molar-refractivity contribution >= 4 is 22.9 Å². The minimum absolute atomic E-state index is 0.0224. The summed E-state index contributed by atoms with van der Waals surface area (Å²) in [5.41, 5.74) is 7.04. The summed E-state index contributed by atoms with van der Waals surface area (Å²) in [6.07, 6.45) is 0.701. The summed E-state index contributed by atoms with van der Waals surface area (Å²) in [7, 11) is 0. The predicted molar refractivity (Wildman–Crippen MR) is 73.6 cm³/mol. The van der Waals surface area contributed by atoms with E-state index in [9.17, 15) is 0 Å². The number of nitrogens with zero attached hydrogens (tertiary/aromatic N) is 1. The molecule has 0 radical (unpaired) electrons. The van der Waals surface area contributed by atoms with E-state index in [2.05, 4.69) is 11.9 Å². The molecule has 0 saturated carbocycles. The van der Waals surface area contributed by atoms with Crippen LogP contribution in [0.2, 0.25) is 0 Å². The number of aliphatic hydroxyl groups is 1.